The lowest BCUT2D eigenvalue weighted by Gasteiger charge is -2.32. The van der Waals surface area contributed by atoms with Gasteiger partial charge in [-0.05, 0) is 24.5 Å². The molecule has 1 aliphatic rings. The smallest absolute Gasteiger partial charge is 0.157 e. The van der Waals surface area contributed by atoms with Crippen molar-refractivity contribution in [2.24, 2.45) is 5.73 Å². The van der Waals surface area contributed by atoms with E-state index in [1.807, 2.05) is 18.2 Å². The minimum absolute atomic E-state index is 0. The molecule has 88 valence electrons. The van der Waals surface area contributed by atoms with Crippen LogP contribution in [-0.4, -0.2) is 5.78 Å². The molecule has 0 amide bonds. The fraction of sp³-hybridized carbons (Fsp3) is 0.417. The topological polar surface area (TPSA) is 43.1 Å². The average Bonchev–Trinajstić information content (AvgIpc) is 2.23. The molecule has 1 fully saturated rings. The number of carbonyl (C=O) groups is 1. The van der Waals surface area contributed by atoms with E-state index in [0.29, 0.717) is 17.9 Å². The van der Waals surface area contributed by atoms with Gasteiger partial charge in [-0.1, -0.05) is 36.2 Å². The molecule has 1 atom stereocenters. The number of nitrogens with two attached hydrogens (primary N) is 1. The van der Waals surface area contributed by atoms with Crippen LogP contribution in [-0.2, 0) is 10.3 Å². The van der Waals surface area contributed by atoms with Crippen LogP contribution in [0.4, 0.5) is 0 Å². The molecule has 0 heterocycles. The monoisotopic (exact) mass is 258 g/mol. The zero-order valence-corrected chi connectivity index (χ0v) is 10.4. The molecule has 0 aliphatic heterocycles. The summed E-state index contributed by atoms with van der Waals surface area (Å²) in [5.41, 5.74) is 6.11. The van der Waals surface area contributed by atoms with E-state index in [9.17, 15) is 4.79 Å². The highest BCUT2D eigenvalue weighted by atomic mass is 35.5. The van der Waals surface area contributed by atoms with Gasteiger partial charge in [-0.2, -0.15) is 0 Å². The molecule has 1 aliphatic carbocycles. The molecule has 1 unspecified atom stereocenters. The van der Waals surface area contributed by atoms with E-state index in [1.165, 1.54) is 0 Å². The molecule has 2 rings (SSSR count). The minimum atomic E-state index is -0.851. The van der Waals surface area contributed by atoms with Crippen LogP contribution < -0.4 is 18.1 Å². The number of rotatable bonds is 1. The van der Waals surface area contributed by atoms with Crippen molar-refractivity contribution in [1.82, 2.24) is 0 Å². The maximum Gasteiger partial charge on any atom is 0.157 e. The van der Waals surface area contributed by atoms with Gasteiger partial charge < -0.3 is 18.1 Å². The second kappa shape index (κ2) is 5.17. The number of hydrogen-bond donors (Lipinski definition) is 1. The standard InChI is InChI=1S/C12H14ClNO.ClH/c13-10-6-2-1-5-9(10)12(14)8-4-3-7-11(12)15;/h1-2,5-6H,3-4,7-8,14H2;1H/p-1. The highest BCUT2D eigenvalue weighted by Gasteiger charge is 2.38. The molecule has 1 saturated carbocycles. The normalized spacial score (nSPS) is 25.0. The molecular weight excluding hydrogens is 245 g/mol. The molecule has 2 nitrogen and oxygen atoms in total. The van der Waals surface area contributed by atoms with Gasteiger partial charge in [0.15, 0.2) is 5.78 Å². The van der Waals surface area contributed by atoms with Crippen molar-refractivity contribution in [2.45, 2.75) is 31.2 Å². The summed E-state index contributed by atoms with van der Waals surface area (Å²) in [7, 11) is 0. The first kappa shape index (κ1) is 13.5. The molecule has 1 aromatic rings. The van der Waals surface area contributed by atoms with Crippen molar-refractivity contribution >= 4 is 17.4 Å². The van der Waals surface area contributed by atoms with Crippen LogP contribution >= 0.6 is 11.6 Å². The molecule has 0 spiro atoms. The van der Waals surface area contributed by atoms with Gasteiger partial charge in [-0.15, -0.1) is 0 Å². The van der Waals surface area contributed by atoms with Crippen molar-refractivity contribution < 1.29 is 17.2 Å². The predicted molar refractivity (Wildman–Crippen MR) is 60.8 cm³/mol. The van der Waals surface area contributed by atoms with Crippen molar-refractivity contribution in [1.29, 1.82) is 0 Å². The Balaban J connectivity index is 0.00000128. The molecule has 0 radical (unpaired) electrons. The van der Waals surface area contributed by atoms with E-state index in [0.717, 1.165) is 18.4 Å². The summed E-state index contributed by atoms with van der Waals surface area (Å²) in [4.78, 5) is 11.9. The Bertz CT molecular complexity index is 394. The number of benzene rings is 1. The van der Waals surface area contributed by atoms with Gasteiger partial charge in [-0.3, -0.25) is 4.79 Å². The summed E-state index contributed by atoms with van der Waals surface area (Å²) in [6.07, 6.45) is 3.22. The van der Waals surface area contributed by atoms with Crippen LogP contribution in [0.1, 0.15) is 31.2 Å². The number of halogens is 2. The molecule has 1 aromatic carbocycles. The molecule has 0 aromatic heterocycles. The van der Waals surface area contributed by atoms with Gasteiger partial charge in [0, 0.05) is 11.4 Å². The highest BCUT2D eigenvalue weighted by Crippen LogP contribution is 2.35. The SMILES string of the molecule is NC1(c2ccccc2Cl)CCCCC1=O.[Cl-]. The molecule has 0 saturated heterocycles. The lowest BCUT2D eigenvalue weighted by Crippen LogP contribution is -3.00. The van der Waals surface area contributed by atoms with Gasteiger partial charge in [0.1, 0.15) is 5.54 Å². The van der Waals surface area contributed by atoms with Gasteiger partial charge in [0.25, 0.3) is 0 Å². The van der Waals surface area contributed by atoms with Crippen molar-refractivity contribution in [2.75, 3.05) is 0 Å². The van der Waals surface area contributed by atoms with Crippen molar-refractivity contribution in [3.8, 4) is 0 Å². The van der Waals surface area contributed by atoms with Gasteiger partial charge in [0.05, 0.1) is 0 Å². The third-order valence-electron chi connectivity index (χ3n) is 3.08. The molecule has 16 heavy (non-hydrogen) atoms. The Labute approximate surface area is 107 Å². The van der Waals surface area contributed by atoms with Crippen LogP contribution in [0.5, 0.6) is 0 Å². The summed E-state index contributed by atoms with van der Waals surface area (Å²) in [5, 5.41) is 0.593. The summed E-state index contributed by atoms with van der Waals surface area (Å²) in [6.45, 7) is 0. The Morgan fingerprint density at radius 2 is 1.94 bits per heavy atom. The Morgan fingerprint density at radius 1 is 1.25 bits per heavy atom. The summed E-state index contributed by atoms with van der Waals surface area (Å²) in [6, 6.07) is 7.36. The first-order chi connectivity index (χ1) is 7.14. The van der Waals surface area contributed by atoms with E-state index in [4.69, 9.17) is 17.3 Å². The number of carbonyl (C=O) groups excluding carboxylic acids is 1. The zero-order valence-electron chi connectivity index (χ0n) is 8.88. The van der Waals surface area contributed by atoms with E-state index in [2.05, 4.69) is 0 Å². The number of hydrogen-bond acceptors (Lipinski definition) is 2. The number of Topliss-reactive ketones (excluding diaryl/α,β-unsaturated/α-hetero) is 1. The zero-order chi connectivity index (χ0) is 10.9. The second-order valence-corrected chi connectivity index (χ2v) is 4.49. The van der Waals surface area contributed by atoms with Gasteiger partial charge >= 0.3 is 0 Å². The van der Waals surface area contributed by atoms with Gasteiger partial charge in [0.2, 0.25) is 0 Å². The van der Waals surface area contributed by atoms with Gasteiger partial charge in [-0.25, -0.2) is 0 Å². The third kappa shape index (κ3) is 2.24. The predicted octanol–water partition coefficient (Wildman–Crippen LogP) is -0.359. The number of ketones is 1. The Hall–Kier alpha value is -0.570. The first-order valence-corrected chi connectivity index (χ1v) is 5.59. The molecule has 4 heteroatoms. The van der Waals surface area contributed by atoms with Crippen LogP contribution in [0.3, 0.4) is 0 Å². The van der Waals surface area contributed by atoms with Crippen LogP contribution in [0.2, 0.25) is 5.02 Å². The maximum absolute atomic E-state index is 11.9. The van der Waals surface area contributed by atoms with E-state index >= 15 is 0 Å². The van der Waals surface area contributed by atoms with E-state index < -0.39 is 5.54 Å². The fourth-order valence-corrected chi connectivity index (χ4v) is 2.46. The molecule has 2 N–H and O–H groups in total. The van der Waals surface area contributed by atoms with E-state index in [-0.39, 0.29) is 18.2 Å². The average molecular weight is 259 g/mol. The lowest BCUT2D eigenvalue weighted by molar-refractivity contribution is -0.126. The second-order valence-electron chi connectivity index (χ2n) is 4.08. The van der Waals surface area contributed by atoms with Crippen LogP contribution in [0.25, 0.3) is 0 Å². The molecular formula is C12H14Cl2NO-. The Morgan fingerprint density at radius 3 is 2.56 bits per heavy atom. The fourth-order valence-electron chi connectivity index (χ4n) is 2.16. The largest absolute Gasteiger partial charge is 1.00 e. The van der Waals surface area contributed by atoms with E-state index in [1.54, 1.807) is 6.07 Å². The third-order valence-corrected chi connectivity index (χ3v) is 3.41. The van der Waals surface area contributed by atoms with Crippen molar-refractivity contribution in [3.05, 3.63) is 34.9 Å². The quantitative estimate of drug-likeness (QED) is 0.748. The minimum Gasteiger partial charge on any atom is -1.00 e. The highest BCUT2D eigenvalue weighted by molar-refractivity contribution is 6.31. The Kier molecular flexibility index (Phi) is 4.36. The van der Waals surface area contributed by atoms with Crippen molar-refractivity contribution in [3.63, 3.8) is 0 Å². The summed E-state index contributed by atoms with van der Waals surface area (Å²) < 4.78 is 0. The molecule has 0 bridgehead atoms. The lowest BCUT2D eigenvalue weighted by atomic mass is 9.76. The summed E-state index contributed by atoms with van der Waals surface area (Å²) in [5.74, 6) is 0.113. The maximum atomic E-state index is 11.9. The summed E-state index contributed by atoms with van der Waals surface area (Å²) >= 11 is 6.08. The van der Waals surface area contributed by atoms with Crippen LogP contribution in [0, 0.1) is 0 Å². The first-order valence-electron chi connectivity index (χ1n) is 5.22. The van der Waals surface area contributed by atoms with Crippen LogP contribution in [0.15, 0.2) is 24.3 Å².